The van der Waals surface area contributed by atoms with E-state index in [1.54, 1.807) is 0 Å². The SMILES string of the molecule is CCC(C)C(NC(=O)CCNC1CC1)C(=O)O. The van der Waals surface area contributed by atoms with Gasteiger partial charge in [0.2, 0.25) is 5.91 Å². The van der Waals surface area contributed by atoms with Crippen LogP contribution in [0.15, 0.2) is 0 Å². The number of amides is 1. The second-order valence-electron chi connectivity index (χ2n) is 4.75. The van der Waals surface area contributed by atoms with E-state index in [2.05, 4.69) is 10.6 Å². The number of nitrogens with one attached hydrogen (secondary N) is 2. The Labute approximate surface area is 102 Å². The van der Waals surface area contributed by atoms with Gasteiger partial charge in [-0.3, -0.25) is 4.79 Å². The first-order chi connectivity index (χ1) is 8.04. The molecule has 1 amide bonds. The smallest absolute Gasteiger partial charge is 0.326 e. The second-order valence-corrected chi connectivity index (χ2v) is 4.75. The van der Waals surface area contributed by atoms with Gasteiger partial charge in [0, 0.05) is 19.0 Å². The van der Waals surface area contributed by atoms with Crippen LogP contribution in [0.5, 0.6) is 0 Å². The van der Waals surface area contributed by atoms with Crippen LogP contribution in [-0.4, -0.2) is 35.6 Å². The van der Waals surface area contributed by atoms with Crippen LogP contribution in [0.1, 0.15) is 39.5 Å². The summed E-state index contributed by atoms with van der Waals surface area (Å²) in [5, 5.41) is 14.8. The van der Waals surface area contributed by atoms with E-state index in [-0.39, 0.29) is 11.8 Å². The third kappa shape index (κ3) is 5.17. The normalized spacial score (nSPS) is 18.5. The van der Waals surface area contributed by atoms with Crippen molar-refractivity contribution in [1.82, 2.24) is 10.6 Å². The number of rotatable bonds is 8. The Hall–Kier alpha value is -1.10. The highest BCUT2D eigenvalue weighted by molar-refractivity contribution is 5.83. The maximum absolute atomic E-state index is 11.6. The third-order valence-electron chi connectivity index (χ3n) is 3.16. The van der Waals surface area contributed by atoms with E-state index in [9.17, 15) is 9.59 Å². The van der Waals surface area contributed by atoms with Gasteiger partial charge in [-0.15, -0.1) is 0 Å². The van der Waals surface area contributed by atoms with Gasteiger partial charge in [0.05, 0.1) is 0 Å². The van der Waals surface area contributed by atoms with Gasteiger partial charge in [-0.1, -0.05) is 20.3 Å². The molecule has 0 bridgehead atoms. The standard InChI is InChI=1S/C12H22N2O3/c1-3-8(2)11(12(16)17)14-10(15)6-7-13-9-4-5-9/h8-9,11,13H,3-7H2,1-2H3,(H,14,15)(H,16,17). The molecule has 1 rings (SSSR count). The Morgan fingerprint density at radius 3 is 2.53 bits per heavy atom. The number of carboxylic acid groups (broad SMARTS) is 1. The zero-order valence-corrected chi connectivity index (χ0v) is 10.5. The van der Waals surface area contributed by atoms with Gasteiger partial charge in [-0.05, 0) is 18.8 Å². The molecule has 1 aliphatic carbocycles. The lowest BCUT2D eigenvalue weighted by atomic mass is 9.99. The van der Waals surface area contributed by atoms with Gasteiger partial charge in [-0.2, -0.15) is 0 Å². The molecule has 2 atom stereocenters. The molecule has 1 fully saturated rings. The summed E-state index contributed by atoms with van der Waals surface area (Å²) in [6.45, 7) is 4.38. The van der Waals surface area contributed by atoms with Crippen molar-refractivity contribution in [2.45, 2.75) is 51.6 Å². The molecule has 0 aliphatic heterocycles. The van der Waals surface area contributed by atoms with Gasteiger partial charge < -0.3 is 15.7 Å². The van der Waals surface area contributed by atoms with E-state index in [1.807, 2.05) is 13.8 Å². The fourth-order valence-corrected chi connectivity index (χ4v) is 1.61. The van der Waals surface area contributed by atoms with Gasteiger partial charge >= 0.3 is 5.97 Å². The monoisotopic (exact) mass is 242 g/mol. The Balaban J connectivity index is 2.26. The Morgan fingerprint density at radius 1 is 1.41 bits per heavy atom. The summed E-state index contributed by atoms with van der Waals surface area (Å²) in [6.07, 6.45) is 3.45. The van der Waals surface area contributed by atoms with Crippen molar-refractivity contribution in [1.29, 1.82) is 0 Å². The maximum Gasteiger partial charge on any atom is 0.326 e. The van der Waals surface area contributed by atoms with E-state index >= 15 is 0 Å². The van der Waals surface area contributed by atoms with Crippen molar-refractivity contribution < 1.29 is 14.7 Å². The van der Waals surface area contributed by atoms with Crippen LogP contribution in [0.2, 0.25) is 0 Å². The lowest BCUT2D eigenvalue weighted by Crippen LogP contribution is -2.45. The molecule has 2 unspecified atom stereocenters. The number of carboxylic acids is 1. The lowest BCUT2D eigenvalue weighted by Gasteiger charge is -2.20. The Kier molecular flexibility index (Phi) is 5.41. The number of hydrogen-bond donors (Lipinski definition) is 3. The van der Waals surface area contributed by atoms with Gasteiger partial charge in [0.25, 0.3) is 0 Å². The minimum absolute atomic E-state index is 0.0483. The van der Waals surface area contributed by atoms with Crippen molar-refractivity contribution in [3.8, 4) is 0 Å². The summed E-state index contributed by atoms with van der Waals surface area (Å²) >= 11 is 0. The van der Waals surface area contributed by atoms with Crippen LogP contribution in [0, 0.1) is 5.92 Å². The van der Waals surface area contributed by atoms with E-state index in [4.69, 9.17) is 5.11 Å². The van der Waals surface area contributed by atoms with Crippen molar-refractivity contribution >= 4 is 11.9 Å². The molecule has 0 aromatic heterocycles. The van der Waals surface area contributed by atoms with Crippen molar-refractivity contribution in [2.24, 2.45) is 5.92 Å². The number of carbonyl (C=O) groups excluding carboxylic acids is 1. The first kappa shape index (κ1) is 14.0. The fraction of sp³-hybridized carbons (Fsp3) is 0.833. The van der Waals surface area contributed by atoms with Gasteiger partial charge in [0.1, 0.15) is 6.04 Å². The molecule has 1 saturated carbocycles. The van der Waals surface area contributed by atoms with Crippen LogP contribution in [0.25, 0.3) is 0 Å². The van der Waals surface area contributed by atoms with Crippen molar-refractivity contribution in [2.75, 3.05) is 6.54 Å². The predicted octanol–water partition coefficient (Wildman–Crippen LogP) is 0.744. The molecule has 0 spiro atoms. The molecule has 0 radical (unpaired) electrons. The molecular formula is C12H22N2O3. The first-order valence-electron chi connectivity index (χ1n) is 6.30. The Bertz CT molecular complexity index is 277. The molecule has 5 heteroatoms. The van der Waals surface area contributed by atoms with E-state index in [0.717, 1.165) is 6.42 Å². The summed E-state index contributed by atoms with van der Waals surface area (Å²) in [5.74, 6) is -1.19. The third-order valence-corrected chi connectivity index (χ3v) is 3.16. The van der Waals surface area contributed by atoms with Gasteiger partial charge in [0.15, 0.2) is 0 Å². The van der Waals surface area contributed by atoms with Crippen LogP contribution >= 0.6 is 0 Å². The quantitative estimate of drug-likeness (QED) is 0.586. The topological polar surface area (TPSA) is 78.4 Å². The van der Waals surface area contributed by atoms with Crippen LogP contribution in [0.3, 0.4) is 0 Å². The predicted molar refractivity (Wildman–Crippen MR) is 64.7 cm³/mol. The molecule has 17 heavy (non-hydrogen) atoms. The van der Waals surface area contributed by atoms with Crippen LogP contribution in [-0.2, 0) is 9.59 Å². The zero-order valence-electron chi connectivity index (χ0n) is 10.5. The summed E-state index contributed by atoms with van der Waals surface area (Å²) in [7, 11) is 0. The van der Waals surface area contributed by atoms with Crippen molar-refractivity contribution in [3.63, 3.8) is 0 Å². The summed E-state index contributed by atoms with van der Waals surface area (Å²) in [6, 6.07) is -0.193. The molecule has 0 aromatic rings. The van der Waals surface area contributed by atoms with Crippen LogP contribution < -0.4 is 10.6 Å². The molecular weight excluding hydrogens is 220 g/mol. The summed E-state index contributed by atoms with van der Waals surface area (Å²) < 4.78 is 0. The highest BCUT2D eigenvalue weighted by Gasteiger charge is 2.25. The minimum Gasteiger partial charge on any atom is -0.480 e. The van der Waals surface area contributed by atoms with Crippen LogP contribution in [0.4, 0.5) is 0 Å². The molecule has 1 aliphatic rings. The second kappa shape index (κ2) is 6.59. The minimum atomic E-state index is -0.956. The average Bonchev–Trinajstić information content (AvgIpc) is 3.08. The van der Waals surface area contributed by atoms with E-state index in [0.29, 0.717) is 19.0 Å². The highest BCUT2D eigenvalue weighted by Crippen LogP contribution is 2.18. The summed E-state index contributed by atoms with van der Waals surface area (Å²) in [4.78, 5) is 22.6. The molecule has 3 N–H and O–H groups in total. The van der Waals surface area contributed by atoms with Gasteiger partial charge in [-0.25, -0.2) is 4.79 Å². The molecule has 98 valence electrons. The number of hydrogen-bond acceptors (Lipinski definition) is 3. The largest absolute Gasteiger partial charge is 0.480 e. The van der Waals surface area contributed by atoms with E-state index in [1.165, 1.54) is 12.8 Å². The first-order valence-corrected chi connectivity index (χ1v) is 6.30. The highest BCUT2D eigenvalue weighted by atomic mass is 16.4. The lowest BCUT2D eigenvalue weighted by molar-refractivity contribution is -0.143. The molecule has 0 saturated heterocycles. The molecule has 0 heterocycles. The molecule has 5 nitrogen and oxygen atoms in total. The average molecular weight is 242 g/mol. The van der Waals surface area contributed by atoms with E-state index < -0.39 is 12.0 Å². The Morgan fingerprint density at radius 2 is 2.06 bits per heavy atom. The molecule has 0 aromatic carbocycles. The number of carbonyl (C=O) groups is 2. The number of aliphatic carboxylic acids is 1. The summed E-state index contributed by atoms with van der Waals surface area (Å²) in [5.41, 5.74) is 0. The van der Waals surface area contributed by atoms with Crippen molar-refractivity contribution in [3.05, 3.63) is 0 Å². The zero-order chi connectivity index (χ0) is 12.8. The fourth-order valence-electron chi connectivity index (χ4n) is 1.61. The maximum atomic E-state index is 11.6.